The Morgan fingerprint density at radius 3 is 1.51 bits per heavy atom. The van der Waals surface area contributed by atoms with Gasteiger partial charge in [-0.2, -0.15) is 0 Å². The van der Waals surface area contributed by atoms with Crippen LogP contribution >= 0.6 is 7.82 Å². The maximum atomic E-state index is 12.5. The number of nitrogens with two attached hydrogens (primary N) is 1. The molecule has 0 aromatic heterocycles. The van der Waals surface area contributed by atoms with E-state index >= 15 is 0 Å². The molecular weight excluding hydrogens is 665 g/mol. The summed E-state index contributed by atoms with van der Waals surface area (Å²) in [5.41, 5.74) is 5.33. The average molecular weight is 736 g/mol. The highest BCUT2D eigenvalue weighted by molar-refractivity contribution is 7.47. The zero-order valence-electron chi connectivity index (χ0n) is 31.8. The summed E-state index contributed by atoms with van der Waals surface area (Å²) in [7, 11) is -4.39. The van der Waals surface area contributed by atoms with Gasteiger partial charge in [-0.3, -0.25) is 18.6 Å². The maximum absolute atomic E-state index is 12.5. The second-order valence-corrected chi connectivity index (χ2v) is 13.8. The first kappa shape index (κ1) is 48.5. The summed E-state index contributed by atoms with van der Waals surface area (Å²) in [6, 6.07) is 0. The van der Waals surface area contributed by atoms with Crippen LogP contribution in [0.1, 0.15) is 142 Å². The zero-order chi connectivity index (χ0) is 37.5. The van der Waals surface area contributed by atoms with Crippen molar-refractivity contribution in [3.63, 3.8) is 0 Å². The topological polar surface area (TPSA) is 134 Å². The SMILES string of the molecule is CC/C=C\C/C=C\C/C=C\CCCCCCCC(=O)OCC(COP(=O)(O)OCCN)OC(=O)CCCCCCC/C=C\C/C=C\C/C=C\CC. The maximum Gasteiger partial charge on any atom is 0.472 e. The van der Waals surface area contributed by atoms with E-state index in [-0.39, 0.29) is 32.6 Å². The molecule has 2 unspecified atom stereocenters. The fraction of sp³-hybridized carbons (Fsp3) is 0.659. The monoisotopic (exact) mass is 735 g/mol. The zero-order valence-corrected chi connectivity index (χ0v) is 32.7. The molecule has 10 heteroatoms. The van der Waals surface area contributed by atoms with Gasteiger partial charge in [0.15, 0.2) is 6.10 Å². The molecule has 0 spiro atoms. The number of hydrogen-bond donors (Lipinski definition) is 2. The summed E-state index contributed by atoms with van der Waals surface area (Å²) in [6.07, 6.45) is 43.6. The summed E-state index contributed by atoms with van der Waals surface area (Å²) in [5, 5.41) is 0. The normalized spacial score (nSPS) is 14.2. The molecule has 0 amide bonds. The Morgan fingerprint density at radius 1 is 0.588 bits per heavy atom. The first-order valence-electron chi connectivity index (χ1n) is 19.4. The molecule has 0 radical (unpaired) electrons. The quantitative estimate of drug-likeness (QED) is 0.0282. The first-order chi connectivity index (χ1) is 24.8. The average Bonchev–Trinajstić information content (AvgIpc) is 3.11. The van der Waals surface area contributed by atoms with E-state index in [0.717, 1.165) is 103 Å². The lowest BCUT2D eigenvalue weighted by atomic mass is 10.1. The highest BCUT2D eigenvalue weighted by atomic mass is 31.2. The van der Waals surface area contributed by atoms with Gasteiger partial charge in [0, 0.05) is 19.4 Å². The van der Waals surface area contributed by atoms with Crippen LogP contribution in [0.25, 0.3) is 0 Å². The number of carbonyl (C=O) groups excluding carboxylic acids is 2. The molecule has 0 bridgehead atoms. The van der Waals surface area contributed by atoms with E-state index < -0.39 is 32.5 Å². The molecule has 0 aliphatic heterocycles. The van der Waals surface area contributed by atoms with Crippen molar-refractivity contribution < 1.29 is 37.6 Å². The van der Waals surface area contributed by atoms with Crippen molar-refractivity contribution in [2.24, 2.45) is 5.73 Å². The highest BCUT2D eigenvalue weighted by Crippen LogP contribution is 2.43. The summed E-state index contributed by atoms with van der Waals surface area (Å²) in [5.74, 6) is -0.877. The number of rotatable bonds is 35. The van der Waals surface area contributed by atoms with Crippen LogP contribution < -0.4 is 5.73 Å². The predicted molar refractivity (Wildman–Crippen MR) is 210 cm³/mol. The molecule has 0 saturated heterocycles. The molecule has 0 aromatic rings. The van der Waals surface area contributed by atoms with Gasteiger partial charge in [0.2, 0.25) is 0 Å². The number of phosphoric acid groups is 1. The third kappa shape index (κ3) is 37.0. The van der Waals surface area contributed by atoms with Gasteiger partial charge in [0.05, 0.1) is 13.2 Å². The van der Waals surface area contributed by atoms with Gasteiger partial charge >= 0.3 is 19.8 Å². The molecule has 3 N–H and O–H groups in total. The molecule has 0 rings (SSSR count). The summed E-state index contributed by atoms with van der Waals surface area (Å²) in [4.78, 5) is 34.7. The van der Waals surface area contributed by atoms with Crippen LogP contribution in [0.2, 0.25) is 0 Å². The predicted octanol–water partition coefficient (Wildman–Crippen LogP) is 10.7. The van der Waals surface area contributed by atoms with Crippen molar-refractivity contribution in [3.05, 3.63) is 72.9 Å². The van der Waals surface area contributed by atoms with E-state index in [4.69, 9.17) is 24.3 Å². The van der Waals surface area contributed by atoms with Gasteiger partial charge in [-0.1, -0.05) is 125 Å². The Balaban J connectivity index is 4.29. The van der Waals surface area contributed by atoms with Crippen molar-refractivity contribution >= 4 is 19.8 Å². The van der Waals surface area contributed by atoms with Gasteiger partial charge in [-0.05, 0) is 77.0 Å². The van der Waals surface area contributed by atoms with Crippen LogP contribution in [0.15, 0.2) is 72.9 Å². The minimum Gasteiger partial charge on any atom is -0.462 e. The minimum atomic E-state index is -4.39. The standard InChI is InChI=1S/C41H70NO8P/c1-3-5-7-9-11-13-15-17-19-21-23-25-27-29-31-33-40(43)47-37-39(38-49-51(45,46)48-36-35-42)50-41(44)34-32-30-28-26-24-22-20-18-16-14-12-10-8-6-4-2/h5-8,11-14,17-20,39H,3-4,9-10,15-16,21-38,42H2,1-2H3,(H,45,46)/b7-5-,8-6-,13-11-,14-12-,19-17-,20-18-. The Hall–Kier alpha value is -2.55. The molecular formula is C41H70NO8P. The lowest BCUT2D eigenvalue weighted by Gasteiger charge is -2.19. The van der Waals surface area contributed by atoms with E-state index in [9.17, 15) is 19.0 Å². The van der Waals surface area contributed by atoms with Gasteiger partial charge in [-0.15, -0.1) is 0 Å². The second kappa shape index (κ2) is 37.2. The number of phosphoric ester groups is 1. The number of esters is 2. The van der Waals surface area contributed by atoms with E-state index in [0.29, 0.717) is 12.8 Å². The van der Waals surface area contributed by atoms with Crippen LogP contribution in [0.5, 0.6) is 0 Å². The van der Waals surface area contributed by atoms with Crippen LogP contribution in [0.4, 0.5) is 0 Å². The second-order valence-electron chi connectivity index (χ2n) is 12.4. The largest absolute Gasteiger partial charge is 0.472 e. The number of ether oxygens (including phenoxy) is 2. The molecule has 0 aliphatic carbocycles. The van der Waals surface area contributed by atoms with Gasteiger partial charge < -0.3 is 20.1 Å². The molecule has 2 atom stereocenters. The van der Waals surface area contributed by atoms with E-state index in [1.807, 2.05) is 0 Å². The molecule has 51 heavy (non-hydrogen) atoms. The molecule has 0 heterocycles. The van der Waals surface area contributed by atoms with Crippen molar-refractivity contribution in [1.29, 1.82) is 0 Å². The van der Waals surface area contributed by atoms with Gasteiger partial charge in [-0.25, -0.2) is 4.57 Å². The highest BCUT2D eigenvalue weighted by Gasteiger charge is 2.25. The third-order valence-corrected chi connectivity index (χ3v) is 8.57. The van der Waals surface area contributed by atoms with E-state index in [1.165, 1.54) is 0 Å². The molecule has 0 aromatic carbocycles. The number of carbonyl (C=O) groups is 2. The number of allylic oxidation sites excluding steroid dienone is 12. The summed E-state index contributed by atoms with van der Waals surface area (Å²) in [6.45, 7) is 3.44. The minimum absolute atomic E-state index is 0.0438. The first-order valence-corrected chi connectivity index (χ1v) is 20.9. The third-order valence-electron chi connectivity index (χ3n) is 7.59. The van der Waals surface area contributed by atoms with E-state index in [2.05, 4.69) is 86.8 Å². The van der Waals surface area contributed by atoms with Crippen molar-refractivity contribution in [3.8, 4) is 0 Å². The molecule has 9 nitrogen and oxygen atoms in total. The lowest BCUT2D eigenvalue weighted by Crippen LogP contribution is -2.29. The number of unbranched alkanes of at least 4 members (excludes halogenated alkanes) is 10. The molecule has 0 aliphatic rings. The lowest BCUT2D eigenvalue weighted by molar-refractivity contribution is -0.161. The van der Waals surface area contributed by atoms with Crippen LogP contribution in [-0.4, -0.2) is 49.3 Å². The summed E-state index contributed by atoms with van der Waals surface area (Å²) >= 11 is 0. The van der Waals surface area contributed by atoms with Crippen molar-refractivity contribution in [2.75, 3.05) is 26.4 Å². The Morgan fingerprint density at radius 2 is 1.02 bits per heavy atom. The van der Waals surface area contributed by atoms with Crippen LogP contribution in [0.3, 0.4) is 0 Å². The molecule has 0 fully saturated rings. The van der Waals surface area contributed by atoms with Gasteiger partial charge in [0.1, 0.15) is 6.61 Å². The Kier molecular flexibility index (Phi) is 35.4. The van der Waals surface area contributed by atoms with Gasteiger partial charge in [0.25, 0.3) is 0 Å². The number of hydrogen-bond acceptors (Lipinski definition) is 8. The summed E-state index contributed by atoms with van der Waals surface area (Å²) < 4.78 is 32.6. The van der Waals surface area contributed by atoms with Crippen molar-refractivity contribution in [2.45, 2.75) is 148 Å². The Labute approximate surface area is 310 Å². The molecule has 0 saturated carbocycles. The fourth-order valence-electron chi connectivity index (χ4n) is 4.78. The van der Waals surface area contributed by atoms with Crippen LogP contribution in [0, 0.1) is 0 Å². The fourth-order valence-corrected chi connectivity index (χ4v) is 5.54. The van der Waals surface area contributed by atoms with Crippen LogP contribution in [-0.2, 0) is 32.7 Å². The van der Waals surface area contributed by atoms with Crippen molar-refractivity contribution in [1.82, 2.24) is 0 Å². The smallest absolute Gasteiger partial charge is 0.462 e. The molecule has 292 valence electrons. The van der Waals surface area contributed by atoms with E-state index in [1.54, 1.807) is 0 Å². The Bertz CT molecular complexity index is 1070.